The molecule has 0 bridgehead atoms. The summed E-state index contributed by atoms with van der Waals surface area (Å²) in [5.41, 5.74) is -0.111. The molecule has 0 aromatic rings. The average Bonchev–Trinajstić information content (AvgIpc) is 2.16. The Morgan fingerprint density at radius 1 is 1.50 bits per heavy atom. The van der Waals surface area contributed by atoms with Crippen LogP contribution < -0.4 is 0 Å². The molecule has 1 heterocycles. The van der Waals surface area contributed by atoms with Crippen LogP contribution in [0.15, 0.2) is 0 Å². The van der Waals surface area contributed by atoms with Gasteiger partial charge >= 0.3 is 0 Å². The van der Waals surface area contributed by atoms with Crippen LogP contribution in [0.3, 0.4) is 0 Å². The Kier molecular flexibility index (Phi) is 4.25. The van der Waals surface area contributed by atoms with E-state index in [0.29, 0.717) is 12.5 Å². The van der Waals surface area contributed by atoms with E-state index >= 15 is 0 Å². The molecule has 0 N–H and O–H groups in total. The molecule has 0 saturated carbocycles. The van der Waals surface area contributed by atoms with Crippen molar-refractivity contribution in [2.75, 3.05) is 26.7 Å². The molecule has 2 unspecified atom stereocenters. The maximum absolute atomic E-state index is 12.2. The summed E-state index contributed by atoms with van der Waals surface area (Å²) in [5, 5.41) is 0. The van der Waals surface area contributed by atoms with Gasteiger partial charge in [-0.05, 0) is 27.3 Å². The lowest BCUT2D eigenvalue weighted by Crippen LogP contribution is -2.53. The molecule has 2 atom stereocenters. The minimum absolute atomic E-state index is 0.111. The van der Waals surface area contributed by atoms with Crippen molar-refractivity contribution < 1.29 is 4.79 Å². The van der Waals surface area contributed by atoms with E-state index in [1.54, 1.807) is 0 Å². The lowest BCUT2D eigenvalue weighted by Gasteiger charge is -2.39. The normalized spacial score (nSPS) is 26.5. The Morgan fingerprint density at radius 2 is 2.12 bits per heavy atom. The lowest BCUT2D eigenvalue weighted by molar-refractivity contribution is -0.137. The standard InChI is InChI=1S/C13H25N2O/c1-6-13(3,4)9-12(16)15-8-7-14(5)10-11(15)2/h11H,3,6-10H2,1-2,4-5H3/q+1. The van der Waals surface area contributed by atoms with E-state index in [9.17, 15) is 4.79 Å². The van der Waals surface area contributed by atoms with E-state index < -0.39 is 0 Å². The number of rotatable bonds is 3. The first-order chi connectivity index (χ1) is 7.35. The number of carbonyl (C=O) groups is 1. The predicted octanol–water partition coefficient (Wildman–Crippen LogP) is 1.79. The van der Waals surface area contributed by atoms with Crippen molar-refractivity contribution in [2.45, 2.75) is 39.7 Å². The van der Waals surface area contributed by atoms with Gasteiger partial charge in [0.25, 0.3) is 0 Å². The first kappa shape index (κ1) is 13.4. The molecule has 1 saturated heterocycles. The van der Waals surface area contributed by atoms with E-state index in [-0.39, 0.29) is 11.3 Å². The molecule has 1 rings (SSSR count). The number of piperazine rings is 1. The Balaban J connectivity index is 2.54. The van der Waals surface area contributed by atoms with Crippen molar-refractivity contribution in [3.8, 4) is 0 Å². The van der Waals surface area contributed by atoms with Crippen molar-refractivity contribution in [3.05, 3.63) is 6.92 Å². The molecule has 0 aromatic carbocycles. The van der Waals surface area contributed by atoms with E-state index in [0.717, 1.165) is 26.1 Å². The van der Waals surface area contributed by atoms with E-state index in [1.807, 2.05) is 4.90 Å². The Morgan fingerprint density at radius 3 is 2.62 bits per heavy atom. The summed E-state index contributed by atoms with van der Waals surface area (Å²) < 4.78 is 0. The van der Waals surface area contributed by atoms with Gasteiger partial charge in [0.1, 0.15) is 5.41 Å². The van der Waals surface area contributed by atoms with Crippen molar-refractivity contribution in [2.24, 2.45) is 5.41 Å². The summed E-state index contributed by atoms with van der Waals surface area (Å²) in [6, 6.07) is 0.332. The van der Waals surface area contributed by atoms with Crippen LogP contribution in [0.25, 0.3) is 0 Å². The van der Waals surface area contributed by atoms with Crippen molar-refractivity contribution in [1.29, 1.82) is 0 Å². The van der Waals surface area contributed by atoms with Crippen molar-refractivity contribution >= 4 is 5.91 Å². The second kappa shape index (κ2) is 5.09. The number of hydrogen-bond donors (Lipinski definition) is 0. The summed E-state index contributed by atoms with van der Waals surface area (Å²) >= 11 is 0. The molecule has 3 heteroatoms. The van der Waals surface area contributed by atoms with Gasteiger partial charge in [-0.3, -0.25) is 4.79 Å². The van der Waals surface area contributed by atoms with Crippen LogP contribution in [0, 0.1) is 12.3 Å². The Hall–Kier alpha value is -0.700. The fourth-order valence-electron chi connectivity index (χ4n) is 2.10. The molecule has 92 valence electrons. The first-order valence-corrected chi connectivity index (χ1v) is 6.19. The SMILES string of the molecule is [CH2+]C(C)(CC)CC(=O)N1CCN(C)CC1C. The molecule has 0 radical (unpaired) electrons. The second-order valence-electron chi connectivity index (χ2n) is 5.54. The lowest BCUT2D eigenvalue weighted by atomic mass is 9.86. The van der Waals surface area contributed by atoms with Crippen LogP contribution in [0.5, 0.6) is 0 Å². The summed E-state index contributed by atoms with van der Waals surface area (Å²) in [7, 11) is 2.11. The van der Waals surface area contributed by atoms with Crippen LogP contribution in [-0.4, -0.2) is 48.4 Å². The van der Waals surface area contributed by atoms with Gasteiger partial charge in [0, 0.05) is 25.7 Å². The van der Waals surface area contributed by atoms with Gasteiger partial charge in [-0.15, -0.1) is 0 Å². The summed E-state index contributed by atoms with van der Waals surface area (Å²) in [4.78, 5) is 16.4. The highest BCUT2D eigenvalue weighted by Crippen LogP contribution is 2.25. The second-order valence-corrected chi connectivity index (χ2v) is 5.54. The molecule has 0 aliphatic carbocycles. The molecule has 0 spiro atoms. The molecule has 1 fully saturated rings. The molecule has 1 aliphatic rings. The Labute approximate surface area is 99.8 Å². The zero-order valence-electron chi connectivity index (χ0n) is 11.1. The fourth-order valence-corrected chi connectivity index (χ4v) is 2.10. The van der Waals surface area contributed by atoms with Crippen LogP contribution in [0.4, 0.5) is 0 Å². The van der Waals surface area contributed by atoms with Gasteiger partial charge < -0.3 is 9.80 Å². The van der Waals surface area contributed by atoms with Crippen LogP contribution in [0.1, 0.15) is 33.6 Å². The molecular weight excluding hydrogens is 200 g/mol. The molecular formula is C13H25N2O+. The van der Waals surface area contributed by atoms with Crippen LogP contribution in [0.2, 0.25) is 0 Å². The number of hydrogen-bond acceptors (Lipinski definition) is 2. The highest BCUT2D eigenvalue weighted by molar-refractivity contribution is 5.77. The maximum atomic E-state index is 12.2. The van der Waals surface area contributed by atoms with E-state index in [4.69, 9.17) is 0 Å². The highest BCUT2D eigenvalue weighted by atomic mass is 16.2. The zero-order chi connectivity index (χ0) is 12.3. The molecule has 3 nitrogen and oxygen atoms in total. The van der Waals surface area contributed by atoms with Gasteiger partial charge in [0.05, 0.1) is 13.3 Å². The monoisotopic (exact) mass is 225 g/mol. The average molecular weight is 225 g/mol. The number of nitrogens with zero attached hydrogens (tertiary/aromatic N) is 2. The summed E-state index contributed by atoms with van der Waals surface area (Å²) in [5.74, 6) is 0.264. The topological polar surface area (TPSA) is 23.6 Å². The number of amides is 1. The molecule has 0 aromatic heterocycles. The van der Waals surface area contributed by atoms with E-state index in [2.05, 4.69) is 39.6 Å². The van der Waals surface area contributed by atoms with Gasteiger partial charge in [0.2, 0.25) is 5.91 Å². The zero-order valence-corrected chi connectivity index (χ0v) is 11.1. The quantitative estimate of drug-likeness (QED) is 0.684. The minimum atomic E-state index is -0.111. The maximum Gasteiger partial charge on any atom is 0.227 e. The summed E-state index contributed by atoms with van der Waals surface area (Å²) in [6.45, 7) is 13.2. The molecule has 16 heavy (non-hydrogen) atoms. The molecule has 1 aliphatic heterocycles. The first-order valence-electron chi connectivity index (χ1n) is 6.19. The van der Waals surface area contributed by atoms with Crippen LogP contribution in [-0.2, 0) is 4.79 Å². The van der Waals surface area contributed by atoms with Gasteiger partial charge in [-0.25, -0.2) is 0 Å². The third kappa shape index (κ3) is 3.41. The summed E-state index contributed by atoms with van der Waals surface area (Å²) in [6.07, 6.45) is 1.51. The molecule has 1 amide bonds. The van der Waals surface area contributed by atoms with Crippen molar-refractivity contribution in [1.82, 2.24) is 9.80 Å². The van der Waals surface area contributed by atoms with Crippen molar-refractivity contribution in [3.63, 3.8) is 0 Å². The fraction of sp³-hybridized carbons (Fsp3) is 0.846. The highest BCUT2D eigenvalue weighted by Gasteiger charge is 2.32. The van der Waals surface area contributed by atoms with Crippen LogP contribution >= 0.6 is 0 Å². The van der Waals surface area contributed by atoms with Gasteiger partial charge in [0.15, 0.2) is 0 Å². The largest absolute Gasteiger partial charge is 0.337 e. The van der Waals surface area contributed by atoms with E-state index in [1.165, 1.54) is 0 Å². The predicted molar refractivity (Wildman–Crippen MR) is 67.0 cm³/mol. The minimum Gasteiger partial charge on any atom is -0.337 e. The van der Waals surface area contributed by atoms with Gasteiger partial charge in [-0.2, -0.15) is 0 Å². The number of carbonyl (C=O) groups excluding carboxylic acids is 1. The third-order valence-electron chi connectivity index (χ3n) is 3.58. The van der Waals surface area contributed by atoms with Gasteiger partial charge in [-0.1, -0.05) is 6.92 Å². The Bertz CT molecular complexity index is 250. The smallest absolute Gasteiger partial charge is 0.227 e. The third-order valence-corrected chi connectivity index (χ3v) is 3.58. The number of likely N-dealkylation sites (N-methyl/N-ethyl adjacent to an activating group) is 1.